The van der Waals surface area contributed by atoms with Crippen LogP contribution in [0.15, 0.2) is 23.1 Å². The van der Waals surface area contributed by atoms with E-state index >= 15 is 0 Å². The summed E-state index contributed by atoms with van der Waals surface area (Å²) in [6.45, 7) is 6.44. The molecule has 0 radical (unpaired) electrons. The molecule has 0 saturated heterocycles. The Hall–Kier alpha value is -1.67. The molecule has 0 amide bonds. The SMILES string of the molecule is CCNc1ccc([N+](=O)[O-])cc1S(=O)(=O)N(CC)CC. The topological polar surface area (TPSA) is 92.5 Å². The average Bonchev–Trinajstić information content (AvgIpc) is 2.40. The number of hydrogen-bond donors (Lipinski definition) is 1. The van der Waals surface area contributed by atoms with Gasteiger partial charge in [0.15, 0.2) is 0 Å². The molecule has 20 heavy (non-hydrogen) atoms. The van der Waals surface area contributed by atoms with E-state index in [1.165, 1.54) is 16.4 Å². The molecule has 7 nitrogen and oxygen atoms in total. The second-order valence-corrected chi connectivity index (χ2v) is 5.96. The molecule has 1 aromatic carbocycles. The number of nitro groups is 1. The van der Waals surface area contributed by atoms with Gasteiger partial charge in [0.2, 0.25) is 10.0 Å². The molecule has 0 bridgehead atoms. The molecule has 0 saturated carbocycles. The first-order chi connectivity index (χ1) is 9.38. The third-order valence-electron chi connectivity index (χ3n) is 2.87. The molecule has 0 unspecified atom stereocenters. The van der Waals surface area contributed by atoms with Gasteiger partial charge in [-0.1, -0.05) is 13.8 Å². The number of non-ortho nitro benzene ring substituents is 1. The van der Waals surface area contributed by atoms with Crippen molar-refractivity contribution in [3.8, 4) is 0 Å². The Morgan fingerprint density at radius 3 is 2.30 bits per heavy atom. The van der Waals surface area contributed by atoms with Crippen LogP contribution >= 0.6 is 0 Å². The van der Waals surface area contributed by atoms with E-state index in [1.807, 2.05) is 6.92 Å². The van der Waals surface area contributed by atoms with Crippen molar-refractivity contribution < 1.29 is 13.3 Å². The summed E-state index contributed by atoms with van der Waals surface area (Å²) in [5.41, 5.74) is 0.141. The maximum Gasteiger partial charge on any atom is 0.270 e. The number of rotatable bonds is 7. The number of sulfonamides is 1. The van der Waals surface area contributed by atoms with Crippen LogP contribution in [0.2, 0.25) is 0 Å². The fraction of sp³-hybridized carbons (Fsp3) is 0.500. The zero-order chi connectivity index (χ0) is 15.3. The van der Waals surface area contributed by atoms with Gasteiger partial charge in [-0.05, 0) is 13.0 Å². The molecule has 1 rings (SSSR count). The van der Waals surface area contributed by atoms with Gasteiger partial charge in [0.25, 0.3) is 5.69 Å². The van der Waals surface area contributed by atoms with Gasteiger partial charge in [-0.15, -0.1) is 0 Å². The first-order valence-corrected chi connectivity index (χ1v) is 7.84. The summed E-state index contributed by atoms with van der Waals surface area (Å²) in [4.78, 5) is 10.2. The van der Waals surface area contributed by atoms with Crippen molar-refractivity contribution in [2.75, 3.05) is 25.0 Å². The second kappa shape index (κ2) is 6.67. The van der Waals surface area contributed by atoms with E-state index in [-0.39, 0.29) is 10.6 Å². The van der Waals surface area contributed by atoms with Crippen LogP contribution in [0.3, 0.4) is 0 Å². The molecule has 0 aliphatic rings. The Morgan fingerprint density at radius 2 is 1.85 bits per heavy atom. The molecule has 1 aromatic rings. The molecule has 8 heteroatoms. The molecule has 0 aliphatic carbocycles. The van der Waals surface area contributed by atoms with E-state index in [9.17, 15) is 18.5 Å². The van der Waals surface area contributed by atoms with Gasteiger partial charge in [0, 0.05) is 31.8 Å². The first kappa shape index (κ1) is 16.4. The number of anilines is 1. The van der Waals surface area contributed by atoms with Crippen molar-refractivity contribution in [2.45, 2.75) is 25.7 Å². The molecule has 112 valence electrons. The summed E-state index contributed by atoms with van der Waals surface area (Å²) >= 11 is 0. The van der Waals surface area contributed by atoms with Crippen LogP contribution in [0.5, 0.6) is 0 Å². The smallest absolute Gasteiger partial charge is 0.270 e. The maximum absolute atomic E-state index is 12.5. The lowest BCUT2D eigenvalue weighted by Crippen LogP contribution is -2.31. The zero-order valence-electron chi connectivity index (χ0n) is 11.8. The highest BCUT2D eigenvalue weighted by Crippen LogP contribution is 2.28. The Bertz CT molecular complexity index is 582. The molecule has 0 aromatic heterocycles. The van der Waals surface area contributed by atoms with Crippen molar-refractivity contribution in [3.05, 3.63) is 28.3 Å². The third-order valence-corrected chi connectivity index (χ3v) is 4.96. The number of nitrogens with one attached hydrogen (secondary N) is 1. The molecule has 0 aliphatic heterocycles. The highest BCUT2D eigenvalue weighted by molar-refractivity contribution is 7.89. The fourth-order valence-corrected chi connectivity index (χ4v) is 3.52. The predicted octanol–water partition coefficient (Wildman–Crippen LogP) is 2.06. The summed E-state index contributed by atoms with van der Waals surface area (Å²) in [6.07, 6.45) is 0. The van der Waals surface area contributed by atoms with E-state index in [1.54, 1.807) is 13.8 Å². The first-order valence-electron chi connectivity index (χ1n) is 6.40. The summed E-state index contributed by atoms with van der Waals surface area (Å²) in [5.74, 6) is 0. The van der Waals surface area contributed by atoms with E-state index in [0.717, 1.165) is 6.07 Å². The fourth-order valence-electron chi connectivity index (χ4n) is 1.88. The lowest BCUT2D eigenvalue weighted by molar-refractivity contribution is -0.385. The van der Waals surface area contributed by atoms with Crippen molar-refractivity contribution >= 4 is 21.4 Å². The Kier molecular flexibility index (Phi) is 5.46. The Balaban J connectivity index is 3.46. The predicted molar refractivity (Wildman–Crippen MR) is 77.4 cm³/mol. The quantitative estimate of drug-likeness (QED) is 0.614. The molecule has 0 heterocycles. The zero-order valence-corrected chi connectivity index (χ0v) is 12.6. The molecule has 0 atom stereocenters. The molecular weight excluding hydrogens is 282 g/mol. The van der Waals surface area contributed by atoms with E-state index < -0.39 is 14.9 Å². The minimum absolute atomic E-state index is 0.0581. The summed E-state index contributed by atoms with van der Waals surface area (Å²) < 4.78 is 26.3. The largest absolute Gasteiger partial charge is 0.384 e. The van der Waals surface area contributed by atoms with E-state index in [4.69, 9.17) is 0 Å². The van der Waals surface area contributed by atoms with Crippen LogP contribution in [0.25, 0.3) is 0 Å². The van der Waals surface area contributed by atoms with Crippen LogP contribution in [-0.4, -0.2) is 37.3 Å². The number of hydrogen-bond acceptors (Lipinski definition) is 5. The van der Waals surface area contributed by atoms with Gasteiger partial charge in [0.1, 0.15) is 4.90 Å². The summed E-state index contributed by atoms with van der Waals surface area (Å²) in [6, 6.07) is 3.82. The van der Waals surface area contributed by atoms with Gasteiger partial charge in [-0.3, -0.25) is 10.1 Å². The van der Waals surface area contributed by atoms with E-state index in [2.05, 4.69) is 5.32 Å². The molecule has 1 N–H and O–H groups in total. The van der Waals surface area contributed by atoms with Crippen LogP contribution in [-0.2, 0) is 10.0 Å². The highest BCUT2D eigenvalue weighted by Gasteiger charge is 2.26. The average molecular weight is 301 g/mol. The van der Waals surface area contributed by atoms with E-state index in [0.29, 0.717) is 25.3 Å². The molecular formula is C12H19N3O4S. The van der Waals surface area contributed by atoms with Crippen molar-refractivity contribution in [1.82, 2.24) is 4.31 Å². The van der Waals surface area contributed by atoms with Crippen LogP contribution in [0, 0.1) is 10.1 Å². The van der Waals surface area contributed by atoms with Crippen molar-refractivity contribution in [3.63, 3.8) is 0 Å². The lowest BCUT2D eigenvalue weighted by atomic mass is 10.3. The highest BCUT2D eigenvalue weighted by atomic mass is 32.2. The van der Waals surface area contributed by atoms with Gasteiger partial charge >= 0.3 is 0 Å². The van der Waals surface area contributed by atoms with Crippen LogP contribution in [0.4, 0.5) is 11.4 Å². The van der Waals surface area contributed by atoms with Crippen LogP contribution in [0.1, 0.15) is 20.8 Å². The monoisotopic (exact) mass is 301 g/mol. The van der Waals surface area contributed by atoms with Gasteiger partial charge in [0.05, 0.1) is 10.6 Å². The minimum atomic E-state index is -3.74. The van der Waals surface area contributed by atoms with Gasteiger partial charge < -0.3 is 5.32 Å². The van der Waals surface area contributed by atoms with Crippen LogP contribution < -0.4 is 5.32 Å². The second-order valence-electron chi connectivity index (χ2n) is 4.06. The number of benzene rings is 1. The van der Waals surface area contributed by atoms with Gasteiger partial charge in [-0.25, -0.2) is 8.42 Å². The summed E-state index contributed by atoms with van der Waals surface area (Å²) in [7, 11) is -3.74. The third kappa shape index (κ3) is 3.26. The number of nitro benzene ring substituents is 1. The standard InChI is InChI=1S/C12H19N3O4S/c1-4-13-11-8-7-10(15(16)17)9-12(11)20(18,19)14(5-2)6-3/h7-9,13H,4-6H2,1-3H3. The van der Waals surface area contributed by atoms with Crippen molar-refractivity contribution in [1.29, 1.82) is 0 Å². The summed E-state index contributed by atoms with van der Waals surface area (Å²) in [5, 5.41) is 13.8. The van der Waals surface area contributed by atoms with Gasteiger partial charge in [-0.2, -0.15) is 4.31 Å². The lowest BCUT2D eigenvalue weighted by Gasteiger charge is -2.20. The number of nitrogens with zero attached hydrogens (tertiary/aromatic N) is 2. The molecule has 0 fully saturated rings. The Morgan fingerprint density at radius 1 is 1.25 bits per heavy atom. The maximum atomic E-state index is 12.5. The van der Waals surface area contributed by atoms with Crippen molar-refractivity contribution in [2.24, 2.45) is 0 Å². The Labute approximate surface area is 118 Å². The molecule has 0 spiro atoms. The normalized spacial score (nSPS) is 11.6. The minimum Gasteiger partial charge on any atom is -0.384 e.